The number of alkyl halides is 2. The molecule has 4 rings (SSSR count). The molecule has 4 N–H and O–H groups in total. The summed E-state index contributed by atoms with van der Waals surface area (Å²) in [6, 6.07) is 2.75. The van der Waals surface area contributed by atoms with Gasteiger partial charge >= 0.3 is 0 Å². The molecule has 0 saturated carbocycles. The molecule has 0 spiro atoms. The van der Waals surface area contributed by atoms with Crippen molar-refractivity contribution in [1.29, 1.82) is 0 Å². The lowest BCUT2D eigenvalue weighted by atomic mass is 9.96. The minimum absolute atomic E-state index is 0.138. The lowest BCUT2D eigenvalue weighted by Crippen LogP contribution is -2.38. The first-order valence-electron chi connectivity index (χ1n) is 9.19. The molecule has 1 saturated heterocycles. The number of nitrogens with zero attached hydrogens (tertiary/aromatic N) is 2. The Balaban J connectivity index is 1.82. The Kier molecular flexibility index (Phi) is 4.98. The molecule has 0 radical (unpaired) electrons. The van der Waals surface area contributed by atoms with E-state index < -0.39 is 63.7 Å². The second-order valence-electron chi connectivity index (χ2n) is 7.48. The number of hydrogen-bond donors (Lipinski definition) is 3. The van der Waals surface area contributed by atoms with Gasteiger partial charge in [-0.15, -0.1) is 0 Å². The van der Waals surface area contributed by atoms with Crippen molar-refractivity contribution < 1.29 is 31.1 Å². The molecule has 2 heterocycles. The molecule has 0 aliphatic carbocycles. The number of hydrogen-bond acceptors (Lipinski definition) is 5. The molecule has 31 heavy (non-hydrogen) atoms. The van der Waals surface area contributed by atoms with Gasteiger partial charge in [-0.05, 0) is 36.2 Å². The number of nitrogens with one attached hydrogen (secondary N) is 1. The number of aliphatic hydroxyl groups is 1. The molecule has 1 aliphatic rings. The van der Waals surface area contributed by atoms with Crippen LogP contribution in [0.1, 0.15) is 12.0 Å². The number of anilines is 1. The lowest BCUT2D eigenvalue weighted by Gasteiger charge is -2.22. The van der Waals surface area contributed by atoms with Gasteiger partial charge in [-0.25, -0.2) is 26.0 Å². The van der Waals surface area contributed by atoms with Crippen molar-refractivity contribution in [2.24, 2.45) is 0 Å². The predicted octanol–water partition coefficient (Wildman–Crippen LogP) is 2.79. The van der Waals surface area contributed by atoms with E-state index in [1.165, 1.54) is 12.1 Å². The summed E-state index contributed by atoms with van der Waals surface area (Å²) >= 11 is 0. The summed E-state index contributed by atoms with van der Waals surface area (Å²) in [7, 11) is -4.68. The number of rotatable bonds is 4. The summed E-state index contributed by atoms with van der Waals surface area (Å²) in [4.78, 5) is -0.816. The predicted molar refractivity (Wildman–Crippen MR) is 105 cm³/mol. The summed E-state index contributed by atoms with van der Waals surface area (Å²) in [5.41, 5.74) is 6.45. The van der Waals surface area contributed by atoms with Crippen LogP contribution in [0.3, 0.4) is 0 Å². The Morgan fingerprint density at radius 3 is 2.55 bits per heavy atom. The summed E-state index contributed by atoms with van der Waals surface area (Å²) in [5.74, 6) is -5.59. The minimum atomic E-state index is -4.68. The van der Waals surface area contributed by atoms with Gasteiger partial charge in [0.15, 0.2) is 5.82 Å². The maximum absolute atomic E-state index is 15.0. The second-order valence-corrected chi connectivity index (χ2v) is 9.37. The normalized spacial score (nSPS) is 19.4. The first-order valence-corrected chi connectivity index (χ1v) is 10.6. The molecular formula is C19H18F4N4O3S. The quantitative estimate of drug-likeness (QED) is 0.521. The third kappa shape index (κ3) is 3.44. The van der Waals surface area contributed by atoms with Gasteiger partial charge in [0, 0.05) is 11.8 Å². The van der Waals surface area contributed by atoms with E-state index in [9.17, 15) is 31.1 Å². The molecular weight excluding hydrogens is 440 g/mol. The van der Waals surface area contributed by atoms with Gasteiger partial charge in [-0.2, -0.15) is 9.40 Å². The third-order valence-corrected chi connectivity index (χ3v) is 7.33. The van der Waals surface area contributed by atoms with Crippen molar-refractivity contribution in [2.45, 2.75) is 30.2 Å². The average molecular weight is 458 g/mol. The van der Waals surface area contributed by atoms with Crippen molar-refractivity contribution in [3.05, 3.63) is 41.5 Å². The molecule has 0 bridgehead atoms. The summed E-state index contributed by atoms with van der Waals surface area (Å²) < 4.78 is 83.4. The fourth-order valence-electron chi connectivity index (χ4n) is 3.98. The van der Waals surface area contributed by atoms with Gasteiger partial charge in [0.2, 0.25) is 10.0 Å². The third-order valence-electron chi connectivity index (χ3n) is 5.45. The van der Waals surface area contributed by atoms with Crippen LogP contribution in [0.5, 0.6) is 0 Å². The van der Waals surface area contributed by atoms with E-state index in [2.05, 4.69) is 10.2 Å². The van der Waals surface area contributed by atoms with Crippen LogP contribution in [0.4, 0.5) is 23.4 Å². The number of H-pyrrole nitrogens is 1. The fraction of sp³-hybridized carbons (Fsp3) is 0.316. The number of halogens is 4. The zero-order chi connectivity index (χ0) is 22.7. The fourth-order valence-corrected chi connectivity index (χ4v) is 5.65. The highest BCUT2D eigenvalue weighted by atomic mass is 32.2. The van der Waals surface area contributed by atoms with Crippen molar-refractivity contribution >= 4 is 26.7 Å². The highest BCUT2D eigenvalue weighted by molar-refractivity contribution is 7.89. The van der Waals surface area contributed by atoms with Gasteiger partial charge in [-0.1, -0.05) is 6.07 Å². The molecule has 1 aromatic heterocycles. The zero-order valence-corrected chi connectivity index (χ0v) is 17.0. The zero-order valence-electron chi connectivity index (χ0n) is 16.2. The van der Waals surface area contributed by atoms with Gasteiger partial charge in [0.1, 0.15) is 11.6 Å². The minimum Gasteiger partial charge on any atom is -0.395 e. The molecule has 12 heteroatoms. The molecule has 1 fully saturated rings. The van der Waals surface area contributed by atoms with Crippen LogP contribution in [0.15, 0.2) is 29.2 Å². The van der Waals surface area contributed by atoms with Crippen LogP contribution in [0, 0.1) is 18.6 Å². The summed E-state index contributed by atoms with van der Waals surface area (Å²) in [6.45, 7) is -0.435. The van der Waals surface area contributed by atoms with Crippen LogP contribution >= 0.6 is 0 Å². The van der Waals surface area contributed by atoms with E-state index in [1.807, 2.05) is 0 Å². The molecule has 3 aromatic rings. The van der Waals surface area contributed by atoms with Gasteiger partial charge < -0.3 is 10.8 Å². The molecule has 166 valence electrons. The highest BCUT2D eigenvalue weighted by Gasteiger charge is 2.50. The van der Waals surface area contributed by atoms with Gasteiger partial charge in [0.25, 0.3) is 5.92 Å². The number of aromatic amines is 1. The molecule has 0 amide bonds. The maximum atomic E-state index is 15.0. The monoisotopic (exact) mass is 458 g/mol. The summed E-state index contributed by atoms with van der Waals surface area (Å²) in [5, 5.41) is 16.3. The van der Waals surface area contributed by atoms with E-state index in [0.29, 0.717) is 32.9 Å². The number of benzene rings is 2. The van der Waals surface area contributed by atoms with Crippen molar-refractivity contribution in [1.82, 2.24) is 14.5 Å². The van der Waals surface area contributed by atoms with Crippen LogP contribution in [-0.4, -0.2) is 53.1 Å². The number of aromatic nitrogens is 2. The molecule has 2 aromatic carbocycles. The smallest absolute Gasteiger partial charge is 0.263 e. The molecule has 0 unspecified atom stereocenters. The van der Waals surface area contributed by atoms with Crippen LogP contribution in [0.2, 0.25) is 0 Å². The van der Waals surface area contributed by atoms with Crippen molar-refractivity contribution in [3.8, 4) is 11.1 Å². The van der Waals surface area contributed by atoms with Gasteiger partial charge in [0.05, 0.1) is 35.2 Å². The topological polar surface area (TPSA) is 112 Å². The van der Waals surface area contributed by atoms with Crippen LogP contribution < -0.4 is 5.73 Å². The largest absolute Gasteiger partial charge is 0.395 e. The standard InChI is InChI=1S/C19H18F4N4O3S/c1-9-12(2-3-15-16(9)18(24)26-25-15)17-13(20)4-11(5-14(17)21)31(29,30)27-8-19(22,23)6-10(27)7-28/h2-5,10,28H,6-8H2,1H3,(H3,24,25,26)/t10-/m0/s1. The van der Waals surface area contributed by atoms with E-state index in [0.717, 1.165) is 0 Å². The average Bonchev–Trinajstić information content (AvgIpc) is 3.22. The van der Waals surface area contributed by atoms with E-state index in [-0.39, 0.29) is 11.4 Å². The number of aryl methyl sites for hydroxylation is 1. The molecule has 1 atom stereocenters. The van der Waals surface area contributed by atoms with E-state index in [1.54, 1.807) is 6.92 Å². The number of aliphatic hydroxyl groups excluding tert-OH is 1. The SMILES string of the molecule is Cc1c(-c2c(F)cc(S(=O)(=O)N3CC(F)(F)C[C@H]3CO)cc2F)ccc2[nH]nc(N)c12. The van der Waals surface area contributed by atoms with E-state index >= 15 is 0 Å². The van der Waals surface area contributed by atoms with Crippen molar-refractivity contribution in [3.63, 3.8) is 0 Å². The Morgan fingerprint density at radius 1 is 1.29 bits per heavy atom. The first kappa shape index (κ1) is 21.5. The molecule has 1 aliphatic heterocycles. The first-order chi connectivity index (χ1) is 14.5. The Morgan fingerprint density at radius 2 is 1.94 bits per heavy atom. The number of nitrogens with two attached hydrogens (primary N) is 1. The number of sulfonamides is 1. The lowest BCUT2D eigenvalue weighted by molar-refractivity contribution is 0.0161. The maximum Gasteiger partial charge on any atom is 0.263 e. The Bertz CT molecular complexity index is 1270. The Hall–Kier alpha value is -2.70. The van der Waals surface area contributed by atoms with E-state index in [4.69, 9.17) is 5.73 Å². The Labute approximate surface area is 174 Å². The molecule has 7 nitrogen and oxygen atoms in total. The number of nitrogen functional groups attached to an aromatic ring is 1. The summed E-state index contributed by atoms with van der Waals surface area (Å²) in [6.07, 6.45) is -0.878. The highest BCUT2D eigenvalue weighted by Crippen LogP contribution is 2.38. The van der Waals surface area contributed by atoms with Crippen LogP contribution in [-0.2, 0) is 10.0 Å². The van der Waals surface area contributed by atoms with Crippen molar-refractivity contribution in [2.75, 3.05) is 18.9 Å². The second kappa shape index (κ2) is 7.18. The van der Waals surface area contributed by atoms with Gasteiger partial charge in [-0.3, -0.25) is 5.10 Å². The van der Waals surface area contributed by atoms with Crippen LogP contribution in [0.25, 0.3) is 22.0 Å². The number of fused-ring (bicyclic) bond motifs is 1.